The standard InChI is InChI=1S/C8H15NO2/c10-7-3-1-5-8(11)4-2-6(7)9-5/h5-11H,1-4H2. The smallest absolute Gasteiger partial charge is 0.0693 e. The van der Waals surface area contributed by atoms with E-state index in [1.54, 1.807) is 0 Å². The second-order valence-corrected chi connectivity index (χ2v) is 3.67. The second-order valence-electron chi connectivity index (χ2n) is 3.67. The molecule has 4 atom stereocenters. The predicted molar refractivity (Wildman–Crippen MR) is 41.2 cm³/mol. The zero-order chi connectivity index (χ0) is 7.84. The van der Waals surface area contributed by atoms with Crippen molar-refractivity contribution in [1.82, 2.24) is 5.32 Å². The third-order valence-electron chi connectivity index (χ3n) is 2.90. The zero-order valence-corrected chi connectivity index (χ0v) is 6.53. The maximum Gasteiger partial charge on any atom is 0.0693 e. The SMILES string of the molecule is OC1CCC2NC1CCC2O. The molecule has 0 aliphatic carbocycles. The Hall–Kier alpha value is -0.120. The number of rotatable bonds is 0. The number of aliphatic hydroxyl groups excluding tert-OH is 2. The number of hydrogen-bond donors (Lipinski definition) is 3. The lowest BCUT2D eigenvalue weighted by molar-refractivity contribution is -0.00303. The topological polar surface area (TPSA) is 52.5 Å². The fourth-order valence-corrected chi connectivity index (χ4v) is 2.15. The molecular weight excluding hydrogens is 142 g/mol. The Balaban J connectivity index is 2.02. The van der Waals surface area contributed by atoms with Crippen LogP contribution in [0.2, 0.25) is 0 Å². The van der Waals surface area contributed by atoms with Crippen molar-refractivity contribution in [3.63, 3.8) is 0 Å². The van der Waals surface area contributed by atoms with Crippen molar-refractivity contribution in [2.24, 2.45) is 0 Å². The molecule has 2 fully saturated rings. The maximum atomic E-state index is 9.46. The van der Waals surface area contributed by atoms with Crippen LogP contribution in [0.1, 0.15) is 25.7 Å². The Morgan fingerprint density at radius 3 is 1.73 bits per heavy atom. The van der Waals surface area contributed by atoms with E-state index in [0.29, 0.717) is 0 Å². The van der Waals surface area contributed by atoms with Crippen LogP contribution in [0, 0.1) is 0 Å². The third-order valence-corrected chi connectivity index (χ3v) is 2.90. The monoisotopic (exact) mass is 157 g/mol. The van der Waals surface area contributed by atoms with E-state index >= 15 is 0 Å². The van der Waals surface area contributed by atoms with Crippen molar-refractivity contribution in [3.05, 3.63) is 0 Å². The first-order valence-corrected chi connectivity index (χ1v) is 4.39. The second kappa shape index (κ2) is 2.73. The van der Waals surface area contributed by atoms with Gasteiger partial charge in [0, 0.05) is 12.1 Å². The molecule has 0 spiro atoms. The summed E-state index contributed by atoms with van der Waals surface area (Å²) in [6.07, 6.45) is 3.16. The average Bonchev–Trinajstić information content (AvgIpc) is 2.02. The van der Waals surface area contributed by atoms with Crippen LogP contribution < -0.4 is 5.32 Å². The molecule has 0 aromatic rings. The molecule has 0 saturated carbocycles. The van der Waals surface area contributed by atoms with Crippen LogP contribution in [0.15, 0.2) is 0 Å². The molecule has 11 heavy (non-hydrogen) atoms. The molecule has 4 unspecified atom stereocenters. The lowest BCUT2D eigenvalue weighted by Crippen LogP contribution is -2.58. The van der Waals surface area contributed by atoms with E-state index in [4.69, 9.17) is 0 Å². The van der Waals surface area contributed by atoms with Crippen LogP contribution in [-0.4, -0.2) is 34.5 Å². The molecule has 3 nitrogen and oxygen atoms in total. The van der Waals surface area contributed by atoms with E-state index in [2.05, 4.69) is 5.32 Å². The van der Waals surface area contributed by atoms with Crippen LogP contribution >= 0.6 is 0 Å². The van der Waals surface area contributed by atoms with Gasteiger partial charge in [0.15, 0.2) is 0 Å². The molecule has 2 aliphatic rings. The van der Waals surface area contributed by atoms with Gasteiger partial charge in [-0.1, -0.05) is 0 Å². The van der Waals surface area contributed by atoms with Gasteiger partial charge in [0.25, 0.3) is 0 Å². The van der Waals surface area contributed by atoms with E-state index in [9.17, 15) is 10.2 Å². The summed E-state index contributed by atoms with van der Waals surface area (Å²) in [4.78, 5) is 0. The summed E-state index contributed by atoms with van der Waals surface area (Å²) >= 11 is 0. The van der Waals surface area contributed by atoms with Crippen LogP contribution in [0.3, 0.4) is 0 Å². The fraction of sp³-hybridized carbons (Fsp3) is 1.00. The van der Waals surface area contributed by atoms with E-state index in [1.165, 1.54) is 0 Å². The van der Waals surface area contributed by atoms with Gasteiger partial charge in [-0.05, 0) is 25.7 Å². The minimum atomic E-state index is -0.182. The van der Waals surface area contributed by atoms with Gasteiger partial charge in [-0.3, -0.25) is 0 Å². The average molecular weight is 157 g/mol. The summed E-state index contributed by atoms with van der Waals surface area (Å²) in [5.41, 5.74) is 0. The molecule has 2 bridgehead atoms. The van der Waals surface area contributed by atoms with Crippen molar-refractivity contribution >= 4 is 0 Å². The van der Waals surface area contributed by atoms with Crippen molar-refractivity contribution in [2.45, 2.75) is 50.0 Å². The van der Waals surface area contributed by atoms with Crippen molar-refractivity contribution in [2.75, 3.05) is 0 Å². The molecule has 64 valence electrons. The summed E-state index contributed by atoms with van der Waals surface area (Å²) in [5.74, 6) is 0. The first kappa shape index (κ1) is 7.53. The highest BCUT2D eigenvalue weighted by Crippen LogP contribution is 2.25. The number of nitrogens with one attached hydrogen (secondary N) is 1. The van der Waals surface area contributed by atoms with Crippen molar-refractivity contribution in [3.8, 4) is 0 Å². The molecule has 0 amide bonds. The van der Waals surface area contributed by atoms with Crippen LogP contribution in [0.25, 0.3) is 0 Å². The molecule has 2 rings (SSSR count). The highest BCUT2D eigenvalue weighted by atomic mass is 16.3. The lowest BCUT2D eigenvalue weighted by Gasteiger charge is -2.41. The number of aliphatic hydroxyl groups is 2. The fourth-order valence-electron chi connectivity index (χ4n) is 2.15. The van der Waals surface area contributed by atoms with E-state index in [1.807, 2.05) is 0 Å². The molecule has 2 heterocycles. The third kappa shape index (κ3) is 1.28. The predicted octanol–water partition coefficient (Wildman–Crippen LogP) is -0.377. The van der Waals surface area contributed by atoms with Gasteiger partial charge in [-0.25, -0.2) is 0 Å². The van der Waals surface area contributed by atoms with Gasteiger partial charge >= 0.3 is 0 Å². The molecule has 2 aliphatic heterocycles. The Labute approximate surface area is 66.4 Å². The minimum absolute atomic E-state index is 0.182. The van der Waals surface area contributed by atoms with Crippen molar-refractivity contribution in [1.29, 1.82) is 0 Å². The molecule has 3 heteroatoms. The van der Waals surface area contributed by atoms with Crippen LogP contribution in [0.4, 0.5) is 0 Å². The number of piperidine rings is 2. The lowest BCUT2D eigenvalue weighted by atomic mass is 9.83. The van der Waals surface area contributed by atoms with Gasteiger partial charge in [0.1, 0.15) is 0 Å². The van der Waals surface area contributed by atoms with E-state index < -0.39 is 0 Å². The number of hydrogen-bond acceptors (Lipinski definition) is 3. The van der Waals surface area contributed by atoms with Gasteiger partial charge < -0.3 is 15.5 Å². The Morgan fingerprint density at radius 2 is 1.27 bits per heavy atom. The maximum absolute atomic E-state index is 9.46. The first-order chi connectivity index (χ1) is 5.27. The summed E-state index contributed by atoms with van der Waals surface area (Å²) < 4.78 is 0. The van der Waals surface area contributed by atoms with E-state index in [-0.39, 0.29) is 24.3 Å². The number of fused-ring (bicyclic) bond motifs is 2. The van der Waals surface area contributed by atoms with E-state index in [0.717, 1.165) is 25.7 Å². The quantitative estimate of drug-likeness (QED) is 0.449. The van der Waals surface area contributed by atoms with Gasteiger partial charge in [0.05, 0.1) is 12.2 Å². The Kier molecular flexibility index (Phi) is 1.87. The molecule has 3 N–H and O–H groups in total. The molecule has 2 saturated heterocycles. The van der Waals surface area contributed by atoms with Crippen molar-refractivity contribution < 1.29 is 10.2 Å². The highest BCUT2D eigenvalue weighted by Gasteiger charge is 2.36. The molecule has 0 aromatic heterocycles. The normalized spacial score (nSPS) is 50.7. The minimum Gasteiger partial charge on any atom is -0.392 e. The van der Waals surface area contributed by atoms with Gasteiger partial charge in [0.2, 0.25) is 0 Å². The zero-order valence-electron chi connectivity index (χ0n) is 6.53. The van der Waals surface area contributed by atoms with Gasteiger partial charge in [-0.2, -0.15) is 0 Å². The van der Waals surface area contributed by atoms with Crippen LogP contribution in [-0.2, 0) is 0 Å². The summed E-state index contributed by atoms with van der Waals surface area (Å²) in [6, 6.07) is 0.495. The molecule has 0 aromatic carbocycles. The summed E-state index contributed by atoms with van der Waals surface area (Å²) in [6.45, 7) is 0. The Bertz CT molecular complexity index is 135. The first-order valence-electron chi connectivity index (χ1n) is 4.39. The highest BCUT2D eigenvalue weighted by molar-refractivity contribution is 4.94. The largest absolute Gasteiger partial charge is 0.392 e. The Morgan fingerprint density at radius 1 is 0.818 bits per heavy atom. The van der Waals surface area contributed by atoms with Gasteiger partial charge in [-0.15, -0.1) is 0 Å². The molecular formula is C8H15NO2. The molecule has 0 radical (unpaired) electrons. The summed E-state index contributed by atoms with van der Waals surface area (Å²) in [5, 5.41) is 22.2. The summed E-state index contributed by atoms with van der Waals surface area (Å²) in [7, 11) is 0. The van der Waals surface area contributed by atoms with Crippen LogP contribution in [0.5, 0.6) is 0 Å².